The maximum absolute atomic E-state index is 5.60. The molecule has 0 saturated carbocycles. The molecule has 0 bridgehead atoms. The molecule has 3 rings (SSSR count). The Morgan fingerprint density at radius 3 is 2.10 bits per heavy atom. The summed E-state index contributed by atoms with van der Waals surface area (Å²) in [6.07, 6.45) is 6.58. The van der Waals surface area contributed by atoms with Crippen LogP contribution in [-0.2, 0) is 9.47 Å². The lowest BCUT2D eigenvalue weighted by atomic mass is 10.0. The van der Waals surface area contributed by atoms with E-state index < -0.39 is 7.55 Å². The van der Waals surface area contributed by atoms with E-state index >= 15 is 0 Å². The van der Waals surface area contributed by atoms with Gasteiger partial charge in [-0.3, -0.25) is 0 Å². The monoisotopic (exact) mass is 408 g/mol. The lowest BCUT2D eigenvalue weighted by molar-refractivity contribution is 0.231. The zero-order chi connectivity index (χ0) is 20.6. The molecule has 1 atom stereocenters. The molecule has 2 aromatic carbocycles. The van der Waals surface area contributed by atoms with Crippen molar-refractivity contribution in [1.82, 2.24) is 0 Å². The molecule has 0 fully saturated rings. The second-order valence-corrected chi connectivity index (χ2v) is 8.00. The highest BCUT2D eigenvalue weighted by Gasteiger charge is 2.19. The summed E-state index contributed by atoms with van der Waals surface area (Å²) in [5, 5.41) is 1.20. The number of allylic oxidation sites excluding steroid dienone is 2. The predicted molar refractivity (Wildman–Crippen MR) is 120 cm³/mol. The summed E-state index contributed by atoms with van der Waals surface area (Å²) < 4.78 is 22.4. The largest absolute Gasteiger partial charge is 0.540 e. The molecule has 150 valence electrons. The first-order valence-corrected chi connectivity index (χ1v) is 10.6. The summed E-state index contributed by atoms with van der Waals surface area (Å²) in [7, 11) is 5.82. The van der Waals surface area contributed by atoms with Crippen LogP contribution in [0.1, 0.15) is 5.56 Å². The highest BCUT2D eigenvalue weighted by molar-refractivity contribution is 7.68. The Hall–Kier alpha value is -2.94. The Labute approximate surface area is 173 Å². The fraction of sp³-hybridized carbons (Fsp3) is 0.167. The predicted octanol–water partition coefficient (Wildman–Crippen LogP) is 4.82. The second-order valence-electron chi connectivity index (χ2n) is 6.15. The van der Waals surface area contributed by atoms with Crippen molar-refractivity contribution in [1.29, 1.82) is 0 Å². The van der Waals surface area contributed by atoms with E-state index in [-0.39, 0.29) is 0 Å². The van der Waals surface area contributed by atoms with Crippen LogP contribution in [0.5, 0.6) is 11.5 Å². The van der Waals surface area contributed by atoms with Crippen molar-refractivity contribution >= 4 is 18.6 Å². The minimum atomic E-state index is -0.866. The van der Waals surface area contributed by atoms with Crippen LogP contribution < -0.4 is 14.8 Å². The quantitative estimate of drug-likeness (QED) is 0.486. The third kappa shape index (κ3) is 4.73. The third-order valence-corrected chi connectivity index (χ3v) is 6.49. The van der Waals surface area contributed by atoms with Crippen LogP contribution in [0.25, 0.3) is 0 Å². The smallest absolute Gasteiger partial charge is 0.144 e. The molecule has 2 aromatic rings. The van der Waals surface area contributed by atoms with Crippen LogP contribution in [-0.4, -0.2) is 34.2 Å². The SMILES string of the molecule is COC1=CC=C[C-](OC)C1=C[P+](=Cc1c(OC)cccc1OC)c1ccccc1. The number of hydrogen-bond donors (Lipinski definition) is 0. The molecular weight excluding hydrogens is 383 g/mol. The first-order valence-electron chi connectivity index (χ1n) is 9.17. The molecule has 5 heteroatoms. The third-order valence-electron chi connectivity index (χ3n) is 4.52. The molecule has 29 heavy (non-hydrogen) atoms. The van der Waals surface area contributed by atoms with Crippen LogP contribution in [0.15, 0.2) is 83.9 Å². The summed E-state index contributed by atoms with van der Waals surface area (Å²) in [4.78, 5) is 0. The molecule has 0 aromatic heterocycles. The van der Waals surface area contributed by atoms with E-state index in [0.717, 1.165) is 34.5 Å². The first-order chi connectivity index (χ1) is 14.2. The van der Waals surface area contributed by atoms with Gasteiger partial charge in [-0.05, 0) is 35.9 Å². The molecular formula is C24H25O4P. The van der Waals surface area contributed by atoms with E-state index in [4.69, 9.17) is 18.9 Å². The van der Waals surface area contributed by atoms with Gasteiger partial charge in [0.15, 0.2) is 0 Å². The molecule has 0 spiro atoms. The van der Waals surface area contributed by atoms with Gasteiger partial charge in [-0.1, -0.05) is 24.3 Å². The van der Waals surface area contributed by atoms with E-state index in [9.17, 15) is 0 Å². The number of methoxy groups -OCH3 is 4. The van der Waals surface area contributed by atoms with E-state index in [1.165, 1.54) is 5.30 Å². The van der Waals surface area contributed by atoms with E-state index in [1.807, 2.05) is 54.6 Å². The maximum Gasteiger partial charge on any atom is 0.144 e. The molecule has 0 radical (unpaired) electrons. The zero-order valence-electron chi connectivity index (χ0n) is 17.1. The van der Waals surface area contributed by atoms with Crippen molar-refractivity contribution in [3.05, 3.63) is 95.6 Å². The van der Waals surface area contributed by atoms with E-state index in [0.29, 0.717) is 0 Å². The van der Waals surface area contributed by atoms with Crippen LogP contribution >= 0.6 is 7.55 Å². The minimum Gasteiger partial charge on any atom is -0.540 e. The normalized spacial score (nSPS) is 15.3. The van der Waals surface area contributed by atoms with Gasteiger partial charge in [0.1, 0.15) is 35.7 Å². The average Bonchev–Trinajstić information content (AvgIpc) is 2.79. The molecule has 1 aliphatic rings. The fourth-order valence-corrected chi connectivity index (χ4v) is 5.03. The van der Waals surface area contributed by atoms with Crippen LogP contribution in [0.3, 0.4) is 0 Å². The lowest BCUT2D eigenvalue weighted by Crippen LogP contribution is -2.09. The molecule has 4 nitrogen and oxygen atoms in total. The Balaban J connectivity index is 2.21. The molecule has 1 aliphatic carbocycles. The second kappa shape index (κ2) is 10.0. The van der Waals surface area contributed by atoms with Gasteiger partial charge in [0.05, 0.1) is 27.1 Å². The fourth-order valence-electron chi connectivity index (χ4n) is 3.08. The maximum atomic E-state index is 5.60. The molecule has 1 unspecified atom stereocenters. The number of rotatable bonds is 7. The van der Waals surface area contributed by atoms with Gasteiger partial charge in [-0.25, -0.2) is 0 Å². The topological polar surface area (TPSA) is 36.9 Å². The van der Waals surface area contributed by atoms with Crippen molar-refractivity contribution < 1.29 is 18.9 Å². The Morgan fingerprint density at radius 1 is 0.828 bits per heavy atom. The number of hydrogen-bond acceptors (Lipinski definition) is 4. The number of benzene rings is 2. The van der Waals surface area contributed by atoms with E-state index in [2.05, 4.69) is 23.7 Å². The molecule has 0 saturated heterocycles. The minimum absolute atomic E-state index is 0.771. The molecule has 0 amide bonds. The molecule has 0 aliphatic heterocycles. The van der Waals surface area contributed by atoms with Gasteiger partial charge in [0.2, 0.25) is 0 Å². The summed E-state index contributed by atoms with van der Waals surface area (Å²) in [5.74, 6) is 6.72. The van der Waals surface area contributed by atoms with Crippen LogP contribution in [0, 0.1) is 6.10 Å². The van der Waals surface area contributed by atoms with Crippen molar-refractivity contribution in [3.63, 3.8) is 0 Å². The van der Waals surface area contributed by atoms with Crippen molar-refractivity contribution in [2.75, 3.05) is 28.4 Å². The molecule has 0 N–H and O–H groups in total. The van der Waals surface area contributed by atoms with Crippen LogP contribution in [0.4, 0.5) is 0 Å². The average molecular weight is 408 g/mol. The molecule has 0 heterocycles. The number of ether oxygens (including phenoxy) is 4. The van der Waals surface area contributed by atoms with Crippen molar-refractivity contribution in [2.24, 2.45) is 0 Å². The van der Waals surface area contributed by atoms with Gasteiger partial charge in [0.25, 0.3) is 0 Å². The van der Waals surface area contributed by atoms with E-state index in [1.54, 1.807) is 28.4 Å². The highest BCUT2D eigenvalue weighted by Crippen LogP contribution is 2.38. The van der Waals surface area contributed by atoms with Crippen molar-refractivity contribution in [2.45, 2.75) is 0 Å². The summed E-state index contributed by atoms with van der Waals surface area (Å²) in [6.45, 7) is 0. The van der Waals surface area contributed by atoms with Gasteiger partial charge < -0.3 is 18.9 Å². The highest BCUT2D eigenvalue weighted by atomic mass is 31.1. The van der Waals surface area contributed by atoms with Gasteiger partial charge in [-0.15, -0.1) is 18.2 Å². The van der Waals surface area contributed by atoms with Gasteiger partial charge in [0, 0.05) is 12.9 Å². The Morgan fingerprint density at radius 2 is 1.52 bits per heavy atom. The summed E-state index contributed by atoms with van der Waals surface area (Å²) >= 11 is 0. The first kappa shape index (κ1) is 20.8. The van der Waals surface area contributed by atoms with Crippen LogP contribution in [0.2, 0.25) is 0 Å². The lowest BCUT2D eigenvalue weighted by Gasteiger charge is -2.26. The Bertz CT molecular complexity index is 936. The zero-order valence-corrected chi connectivity index (χ0v) is 18.0. The summed E-state index contributed by atoms with van der Waals surface area (Å²) in [6, 6.07) is 16.2. The van der Waals surface area contributed by atoms with Crippen molar-refractivity contribution in [3.8, 4) is 11.5 Å². The standard InChI is InChI=1S/C24H25O4P/c1-25-21-12-8-13-22(26-2)19(21)16-29(18-10-6-5-7-11-18)17-20-23(27-3)14-9-15-24(20)28-4/h5-17H,1-4H3. The van der Waals surface area contributed by atoms with Gasteiger partial charge >= 0.3 is 0 Å². The Kier molecular flexibility index (Phi) is 7.18. The summed E-state index contributed by atoms with van der Waals surface area (Å²) in [5.41, 5.74) is 1.86. The van der Waals surface area contributed by atoms with Gasteiger partial charge in [-0.2, -0.15) is 0 Å².